The summed E-state index contributed by atoms with van der Waals surface area (Å²) in [5.41, 5.74) is 4.73. The molecule has 0 atom stereocenters. The van der Waals surface area contributed by atoms with Crippen molar-refractivity contribution >= 4 is 29.1 Å². The molecule has 4 nitrogen and oxygen atoms in total. The van der Waals surface area contributed by atoms with Gasteiger partial charge >= 0.3 is 0 Å². The maximum atomic E-state index is 11.0. The first-order valence-electron chi connectivity index (χ1n) is 5.68. The molecule has 0 aromatic heterocycles. The zero-order valence-electron chi connectivity index (χ0n) is 10.7. The lowest BCUT2D eigenvalue weighted by Gasteiger charge is -2.04. The predicted octanol–water partition coefficient (Wildman–Crippen LogP) is 2.16. The van der Waals surface area contributed by atoms with Crippen LogP contribution in [-0.4, -0.2) is 23.0 Å². The molecule has 2 rings (SSSR count). The van der Waals surface area contributed by atoms with Crippen LogP contribution < -0.4 is 5.32 Å². The topological polar surface area (TPSA) is 53.8 Å². The number of nitrogens with zero attached hydrogens (tertiary/aromatic N) is 2. The Morgan fingerprint density at radius 1 is 1.22 bits per heavy atom. The normalized spacial score (nSPS) is 17.7. The quantitative estimate of drug-likeness (QED) is 0.655. The number of amidine groups is 1. The summed E-state index contributed by atoms with van der Waals surface area (Å²) in [5, 5.41) is 11.2. The number of amides is 1. The molecule has 1 aliphatic rings. The van der Waals surface area contributed by atoms with E-state index in [1.807, 2.05) is 6.92 Å². The van der Waals surface area contributed by atoms with Crippen LogP contribution in [0.1, 0.15) is 22.3 Å². The number of benzene rings is 1. The summed E-state index contributed by atoms with van der Waals surface area (Å²) in [5.74, 6) is 0.410. The molecule has 0 radical (unpaired) electrons. The molecular formula is C13H15N3OS. The van der Waals surface area contributed by atoms with Gasteiger partial charge in [-0.15, -0.1) is 5.10 Å². The van der Waals surface area contributed by atoms with Gasteiger partial charge in [0.15, 0.2) is 5.17 Å². The van der Waals surface area contributed by atoms with E-state index in [0.29, 0.717) is 10.9 Å². The molecule has 0 saturated carbocycles. The van der Waals surface area contributed by atoms with Gasteiger partial charge in [-0.2, -0.15) is 5.10 Å². The smallest absolute Gasteiger partial charge is 0.236 e. The van der Waals surface area contributed by atoms with Gasteiger partial charge in [0.05, 0.1) is 12.0 Å². The lowest BCUT2D eigenvalue weighted by atomic mass is 10.0. The number of thioether (sulfide) groups is 1. The molecule has 1 aromatic rings. The van der Waals surface area contributed by atoms with Crippen LogP contribution in [0.3, 0.4) is 0 Å². The summed E-state index contributed by atoms with van der Waals surface area (Å²) < 4.78 is 0. The maximum absolute atomic E-state index is 11.0. The Balaban J connectivity index is 2.14. The summed E-state index contributed by atoms with van der Waals surface area (Å²) in [6.45, 7) is 6.21. The summed E-state index contributed by atoms with van der Waals surface area (Å²) in [7, 11) is 0. The molecule has 1 saturated heterocycles. The zero-order chi connectivity index (χ0) is 13.1. The van der Waals surface area contributed by atoms with Gasteiger partial charge in [0, 0.05) is 0 Å². The molecule has 0 spiro atoms. The van der Waals surface area contributed by atoms with E-state index in [0.717, 1.165) is 5.56 Å². The largest absolute Gasteiger partial charge is 0.303 e. The molecule has 0 unspecified atom stereocenters. The van der Waals surface area contributed by atoms with Gasteiger partial charge in [-0.25, -0.2) is 0 Å². The van der Waals surface area contributed by atoms with Crippen LogP contribution in [0, 0.1) is 20.8 Å². The third-order valence-corrected chi connectivity index (χ3v) is 3.68. The van der Waals surface area contributed by atoms with E-state index in [1.54, 1.807) is 6.21 Å². The van der Waals surface area contributed by atoms with Crippen molar-refractivity contribution in [3.05, 3.63) is 34.4 Å². The van der Waals surface area contributed by atoms with Crippen LogP contribution in [0.4, 0.5) is 0 Å². The highest BCUT2D eigenvalue weighted by atomic mass is 32.2. The SMILES string of the molecule is Cc1cc(C)c(/C=N\N=C2/NC(=O)CS2)cc1C. The summed E-state index contributed by atoms with van der Waals surface area (Å²) >= 11 is 1.37. The lowest BCUT2D eigenvalue weighted by Crippen LogP contribution is -2.19. The van der Waals surface area contributed by atoms with Crippen molar-refractivity contribution in [3.63, 3.8) is 0 Å². The van der Waals surface area contributed by atoms with Crippen molar-refractivity contribution in [1.82, 2.24) is 5.32 Å². The molecule has 1 N–H and O–H groups in total. The van der Waals surface area contributed by atoms with Gasteiger partial charge in [-0.05, 0) is 49.1 Å². The number of hydrogen-bond acceptors (Lipinski definition) is 4. The molecule has 1 aromatic carbocycles. The number of carbonyl (C=O) groups excluding carboxylic acids is 1. The Bertz CT molecular complexity index is 549. The highest BCUT2D eigenvalue weighted by molar-refractivity contribution is 8.15. The number of nitrogens with one attached hydrogen (secondary N) is 1. The van der Waals surface area contributed by atoms with Crippen molar-refractivity contribution < 1.29 is 4.79 Å². The molecule has 1 heterocycles. The second kappa shape index (κ2) is 5.35. The Morgan fingerprint density at radius 3 is 2.61 bits per heavy atom. The van der Waals surface area contributed by atoms with Gasteiger partial charge in [0.2, 0.25) is 5.91 Å². The number of rotatable bonds is 2. The average Bonchev–Trinajstić information content (AvgIpc) is 2.71. The van der Waals surface area contributed by atoms with Crippen molar-refractivity contribution in [3.8, 4) is 0 Å². The Hall–Kier alpha value is -1.62. The first kappa shape index (κ1) is 12.8. The summed E-state index contributed by atoms with van der Waals surface area (Å²) in [6.07, 6.45) is 1.72. The Morgan fingerprint density at radius 2 is 1.94 bits per heavy atom. The van der Waals surface area contributed by atoms with E-state index < -0.39 is 0 Å². The van der Waals surface area contributed by atoms with Crippen LogP contribution in [0.25, 0.3) is 0 Å². The van der Waals surface area contributed by atoms with Crippen molar-refractivity contribution in [2.24, 2.45) is 10.2 Å². The number of carbonyl (C=O) groups is 1. The molecular weight excluding hydrogens is 246 g/mol. The fourth-order valence-corrected chi connectivity index (χ4v) is 2.28. The van der Waals surface area contributed by atoms with Gasteiger partial charge in [-0.1, -0.05) is 17.8 Å². The summed E-state index contributed by atoms with van der Waals surface area (Å²) in [6, 6.07) is 4.23. The molecule has 1 aliphatic heterocycles. The minimum absolute atomic E-state index is 0.0173. The molecule has 1 amide bonds. The fourth-order valence-electron chi connectivity index (χ4n) is 1.64. The first-order valence-corrected chi connectivity index (χ1v) is 6.66. The lowest BCUT2D eigenvalue weighted by molar-refractivity contribution is -0.116. The predicted molar refractivity (Wildman–Crippen MR) is 76.3 cm³/mol. The second-order valence-corrected chi connectivity index (χ2v) is 5.24. The van der Waals surface area contributed by atoms with Crippen molar-refractivity contribution in [1.29, 1.82) is 0 Å². The van der Waals surface area contributed by atoms with E-state index in [9.17, 15) is 4.79 Å². The van der Waals surface area contributed by atoms with E-state index in [-0.39, 0.29) is 5.91 Å². The molecule has 94 valence electrons. The third kappa shape index (κ3) is 2.98. The number of aryl methyl sites for hydroxylation is 3. The van der Waals surface area contributed by atoms with Gasteiger partial charge in [0.1, 0.15) is 0 Å². The van der Waals surface area contributed by atoms with Gasteiger partial charge in [-0.3, -0.25) is 4.79 Å². The van der Waals surface area contributed by atoms with E-state index in [4.69, 9.17) is 0 Å². The van der Waals surface area contributed by atoms with E-state index in [2.05, 4.69) is 41.5 Å². The zero-order valence-corrected chi connectivity index (χ0v) is 11.5. The minimum Gasteiger partial charge on any atom is -0.303 e. The van der Waals surface area contributed by atoms with Crippen LogP contribution >= 0.6 is 11.8 Å². The van der Waals surface area contributed by atoms with Gasteiger partial charge in [0.25, 0.3) is 0 Å². The number of hydrogen-bond donors (Lipinski definition) is 1. The van der Waals surface area contributed by atoms with Crippen molar-refractivity contribution in [2.45, 2.75) is 20.8 Å². The highest BCUT2D eigenvalue weighted by Crippen LogP contribution is 2.14. The van der Waals surface area contributed by atoms with Gasteiger partial charge < -0.3 is 5.32 Å². The van der Waals surface area contributed by atoms with Crippen molar-refractivity contribution in [2.75, 3.05) is 5.75 Å². The van der Waals surface area contributed by atoms with E-state index in [1.165, 1.54) is 28.5 Å². The highest BCUT2D eigenvalue weighted by Gasteiger charge is 2.15. The van der Waals surface area contributed by atoms with Crippen LogP contribution in [0.2, 0.25) is 0 Å². The molecule has 18 heavy (non-hydrogen) atoms. The Labute approximate surface area is 111 Å². The first-order chi connectivity index (χ1) is 8.56. The monoisotopic (exact) mass is 261 g/mol. The third-order valence-electron chi connectivity index (χ3n) is 2.81. The maximum Gasteiger partial charge on any atom is 0.236 e. The molecule has 5 heteroatoms. The fraction of sp³-hybridized carbons (Fsp3) is 0.308. The van der Waals surface area contributed by atoms with Crippen LogP contribution in [-0.2, 0) is 4.79 Å². The second-order valence-electron chi connectivity index (χ2n) is 4.28. The molecule has 0 aliphatic carbocycles. The Kier molecular flexibility index (Phi) is 3.81. The molecule has 1 fully saturated rings. The standard InChI is InChI=1S/C13H15N3OS/c1-8-4-10(3)11(5-9(8)2)6-14-16-13-15-12(17)7-18-13/h4-6H,7H2,1-3H3,(H,15,16,17)/b14-6-. The van der Waals surface area contributed by atoms with E-state index >= 15 is 0 Å². The van der Waals surface area contributed by atoms with Crippen LogP contribution in [0.15, 0.2) is 22.3 Å². The average molecular weight is 261 g/mol. The van der Waals surface area contributed by atoms with Crippen LogP contribution in [0.5, 0.6) is 0 Å². The molecule has 0 bridgehead atoms. The minimum atomic E-state index is -0.0173. The summed E-state index contributed by atoms with van der Waals surface area (Å²) in [4.78, 5) is 11.0.